The molecule has 0 aliphatic rings. The van der Waals surface area contributed by atoms with E-state index in [4.69, 9.17) is 9.47 Å². The Balaban J connectivity index is 2.73. The predicted octanol–water partition coefficient (Wildman–Crippen LogP) is 2.06. The fraction of sp³-hybridized carbons (Fsp3) is 0.500. The Morgan fingerprint density at radius 3 is 2.44 bits per heavy atom. The second kappa shape index (κ2) is 7.98. The molecule has 0 N–H and O–H groups in total. The lowest BCUT2D eigenvalue weighted by molar-refractivity contribution is -0.385. The molecule has 0 fully saturated rings. The molecule has 0 bridgehead atoms. The third kappa shape index (κ3) is 3.66. The van der Waals surface area contributed by atoms with Crippen molar-refractivity contribution in [2.45, 2.75) is 34.2 Å². The van der Waals surface area contributed by atoms with Crippen LogP contribution < -0.4 is 0 Å². The van der Waals surface area contributed by atoms with Gasteiger partial charge in [0.25, 0.3) is 0 Å². The number of carbonyl (C=O) groups is 1. The molecule has 0 unspecified atom stereocenters. The van der Waals surface area contributed by atoms with Gasteiger partial charge in [0.2, 0.25) is 11.6 Å². The summed E-state index contributed by atoms with van der Waals surface area (Å²) in [5.41, 5.74) is 0.772. The van der Waals surface area contributed by atoms with Gasteiger partial charge >= 0.3 is 11.7 Å². The molecule has 0 spiro atoms. The number of methoxy groups -OCH3 is 1. The van der Waals surface area contributed by atoms with Crippen LogP contribution in [0.15, 0.2) is 4.99 Å². The van der Waals surface area contributed by atoms with Crippen LogP contribution in [0.2, 0.25) is 0 Å². The summed E-state index contributed by atoms with van der Waals surface area (Å²) in [6, 6.07) is 0. The first kappa shape index (κ1) is 20.1. The summed E-state index contributed by atoms with van der Waals surface area (Å²) in [5.74, 6) is -0.441. The van der Waals surface area contributed by atoms with Crippen LogP contribution in [-0.4, -0.2) is 50.1 Å². The monoisotopic (exact) mass is 378 g/mol. The number of nitrogens with zero attached hydrogens (tertiary/aromatic N) is 6. The number of carbonyl (C=O) groups excluding carboxylic acids is 1. The molecule has 0 saturated carbocycles. The number of aromatic nitrogens is 4. The average Bonchev–Trinajstić information content (AvgIpc) is 3.08. The van der Waals surface area contributed by atoms with Crippen LogP contribution in [0.5, 0.6) is 0 Å². The Hall–Kier alpha value is -3.24. The Morgan fingerprint density at radius 1 is 1.26 bits per heavy atom. The number of hydrogen-bond donors (Lipinski definition) is 0. The summed E-state index contributed by atoms with van der Waals surface area (Å²) in [7, 11) is 2.96. The van der Waals surface area contributed by atoms with Crippen LogP contribution in [0.3, 0.4) is 0 Å². The molecule has 2 aromatic heterocycles. The van der Waals surface area contributed by atoms with Crippen molar-refractivity contribution in [2.24, 2.45) is 12.0 Å². The van der Waals surface area contributed by atoms with Gasteiger partial charge in [0.1, 0.15) is 11.3 Å². The first-order valence-electron chi connectivity index (χ1n) is 8.32. The van der Waals surface area contributed by atoms with E-state index in [0.29, 0.717) is 12.2 Å². The van der Waals surface area contributed by atoms with Crippen molar-refractivity contribution in [3.05, 3.63) is 32.8 Å². The van der Waals surface area contributed by atoms with Crippen LogP contribution in [0, 0.1) is 24.0 Å². The standard InChI is InChI=1S/C16H22N6O5/c1-7-21-13(12(22(24)25)10(4)19-21)15(26-6)17-14-11(16(23)27-8-2)9(3)18-20(14)5/h7-8H2,1-6H3/b17-15+. The molecule has 0 saturated heterocycles. The number of aliphatic imine (C=N–C) groups is 1. The van der Waals surface area contributed by atoms with Gasteiger partial charge in [-0.05, 0) is 27.7 Å². The van der Waals surface area contributed by atoms with Crippen LogP contribution in [0.1, 0.15) is 41.3 Å². The number of rotatable bonds is 6. The smallest absolute Gasteiger partial charge is 0.343 e. The fourth-order valence-electron chi connectivity index (χ4n) is 2.74. The highest BCUT2D eigenvalue weighted by atomic mass is 16.6. The highest BCUT2D eigenvalue weighted by molar-refractivity contribution is 6.01. The number of nitro groups is 1. The molecular formula is C16H22N6O5. The summed E-state index contributed by atoms with van der Waals surface area (Å²) in [4.78, 5) is 27.7. The lowest BCUT2D eigenvalue weighted by atomic mass is 10.2. The van der Waals surface area contributed by atoms with Crippen molar-refractivity contribution in [2.75, 3.05) is 13.7 Å². The van der Waals surface area contributed by atoms with Crippen molar-refractivity contribution in [1.29, 1.82) is 0 Å². The Kier molecular flexibility index (Phi) is 5.93. The minimum absolute atomic E-state index is 0.0438. The number of hydrogen-bond acceptors (Lipinski definition) is 8. The number of aryl methyl sites for hydroxylation is 4. The lowest BCUT2D eigenvalue weighted by Gasteiger charge is -2.08. The van der Waals surface area contributed by atoms with E-state index >= 15 is 0 Å². The van der Waals surface area contributed by atoms with Gasteiger partial charge in [0.05, 0.1) is 24.3 Å². The molecule has 0 aromatic carbocycles. The van der Waals surface area contributed by atoms with Crippen molar-refractivity contribution in [3.8, 4) is 0 Å². The summed E-state index contributed by atoms with van der Waals surface area (Å²) in [5, 5.41) is 19.9. The molecule has 11 heteroatoms. The minimum atomic E-state index is -0.577. The minimum Gasteiger partial charge on any atom is -0.479 e. The Morgan fingerprint density at radius 2 is 1.93 bits per heavy atom. The van der Waals surface area contributed by atoms with Crippen molar-refractivity contribution < 1.29 is 19.2 Å². The van der Waals surface area contributed by atoms with Crippen LogP contribution in [0.4, 0.5) is 11.5 Å². The van der Waals surface area contributed by atoms with Crippen LogP contribution >= 0.6 is 0 Å². The zero-order chi connectivity index (χ0) is 20.3. The number of ether oxygens (including phenoxy) is 2. The van der Waals surface area contributed by atoms with E-state index in [9.17, 15) is 14.9 Å². The first-order valence-corrected chi connectivity index (χ1v) is 8.32. The molecular weight excluding hydrogens is 356 g/mol. The first-order chi connectivity index (χ1) is 12.8. The van der Waals surface area contributed by atoms with Gasteiger partial charge in [-0.3, -0.25) is 14.8 Å². The van der Waals surface area contributed by atoms with E-state index in [2.05, 4.69) is 15.2 Å². The van der Waals surface area contributed by atoms with E-state index in [1.807, 2.05) is 0 Å². The third-order valence-corrected chi connectivity index (χ3v) is 3.85. The van der Waals surface area contributed by atoms with Gasteiger partial charge < -0.3 is 9.47 Å². The summed E-state index contributed by atoms with van der Waals surface area (Å²) < 4.78 is 13.2. The molecule has 27 heavy (non-hydrogen) atoms. The van der Waals surface area contributed by atoms with Crippen LogP contribution in [0.25, 0.3) is 0 Å². The quantitative estimate of drug-likeness (QED) is 0.247. The molecule has 0 amide bonds. The Labute approximate surface area is 155 Å². The normalized spacial score (nSPS) is 11.6. The highest BCUT2D eigenvalue weighted by Gasteiger charge is 2.31. The topological polar surface area (TPSA) is 127 Å². The summed E-state index contributed by atoms with van der Waals surface area (Å²) in [6.07, 6.45) is 0. The van der Waals surface area contributed by atoms with E-state index < -0.39 is 10.9 Å². The largest absolute Gasteiger partial charge is 0.479 e. The van der Waals surface area contributed by atoms with Gasteiger partial charge in [-0.15, -0.1) is 0 Å². The summed E-state index contributed by atoms with van der Waals surface area (Å²) >= 11 is 0. The molecule has 11 nitrogen and oxygen atoms in total. The molecule has 2 aromatic rings. The molecule has 2 heterocycles. The highest BCUT2D eigenvalue weighted by Crippen LogP contribution is 2.28. The lowest BCUT2D eigenvalue weighted by Crippen LogP contribution is -2.14. The zero-order valence-electron chi connectivity index (χ0n) is 16.1. The molecule has 0 radical (unpaired) electrons. The van der Waals surface area contributed by atoms with Crippen molar-refractivity contribution in [3.63, 3.8) is 0 Å². The fourth-order valence-corrected chi connectivity index (χ4v) is 2.74. The second-order valence-corrected chi connectivity index (χ2v) is 5.60. The van der Waals surface area contributed by atoms with E-state index in [0.717, 1.165) is 0 Å². The maximum atomic E-state index is 12.3. The van der Waals surface area contributed by atoms with Gasteiger partial charge in [-0.25, -0.2) is 9.48 Å². The molecule has 0 aliphatic carbocycles. The zero-order valence-corrected chi connectivity index (χ0v) is 16.1. The number of esters is 1. The molecule has 0 aliphatic heterocycles. The SMILES string of the molecule is CCOC(=O)c1c(C)nn(C)c1/N=C(/OC)c1c([N+](=O)[O-])c(C)nn1CC. The predicted molar refractivity (Wildman–Crippen MR) is 96.4 cm³/mol. The van der Waals surface area contributed by atoms with E-state index in [-0.39, 0.29) is 41.0 Å². The summed E-state index contributed by atoms with van der Waals surface area (Å²) in [6.45, 7) is 7.26. The van der Waals surface area contributed by atoms with E-state index in [1.54, 1.807) is 34.7 Å². The third-order valence-electron chi connectivity index (χ3n) is 3.85. The van der Waals surface area contributed by atoms with Crippen molar-refractivity contribution >= 4 is 23.4 Å². The van der Waals surface area contributed by atoms with Gasteiger partial charge in [0.15, 0.2) is 5.82 Å². The van der Waals surface area contributed by atoms with Crippen LogP contribution in [-0.2, 0) is 23.1 Å². The Bertz CT molecular complexity index is 911. The molecule has 2 rings (SSSR count). The molecule has 146 valence electrons. The van der Waals surface area contributed by atoms with E-state index in [1.165, 1.54) is 16.5 Å². The second-order valence-electron chi connectivity index (χ2n) is 5.60. The maximum absolute atomic E-state index is 12.3. The maximum Gasteiger partial charge on any atom is 0.343 e. The van der Waals surface area contributed by atoms with Gasteiger partial charge in [-0.2, -0.15) is 15.2 Å². The average molecular weight is 378 g/mol. The van der Waals surface area contributed by atoms with Crippen molar-refractivity contribution in [1.82, 2.24) is 19.6 Å². The molecule has 0 atom stereocenters. The van der Waals surface area contributed by atoms with Gasteiger partial charge in [-0.1, -0.05) is 0 Å². The van der Waals surface area contributed by atoms with Gasteiger partial charge in [0, 0.05) is 13.6 Å².